The van der Waals surface area contributed by atoms with Gasteiger partial charge in [0, 0.05) is 31.1 Å². The lowest BCUT2D eigenvalue weighted by molar-refractivity contribution is 0.00520. The topological polar surface area (TPSA) is 111 Å². The summed E-state index contributed by atoms with van der Waals surface area (Å²) in [7, 11) is 0. The molecule has 1 aliphatic heterocycles. The van der Waals surface area contributed by atoms with Crippen molar-refractivity contribution in [3.63, 3.8) is 0 Å². The Morgan fingerprint density at radius 2 is 1.72 bits per heavy atom. The Labute approximate surface area is 227 Å². The number of benzene rings is 2. The first-order chi connectivity index (χ1) is 19.2. The molecule has 0 radical (unpaired) electrons. The zero-order valence-electron chi connectivity index (χ0n) is 22.1. The molecule has 0 atom stereocenters. The first-order valence-corrected chi connectivity index (χ1v) is 14.1. The molecule has 2 fully saturated rings. The Morgan fingerprint density at radius 1 is 0.923 bits per heavy atom. The average Bonchev–Trinajstić information content (AvgIpc) is 3.59. The van der Waals surface area contributed by atoms with Crippen LogP contribution in [0.25, 0.3) is 33.3 Å². The van der Waals surface area contributed by atoms with E-state index in [1.54, 1.807) is 6.33 Å². The Kier molecular flexibility index (Phi) is 6.46. The number of nitrogens with two attached hydrogens (primary N) is 1. The van der Waals surface area contributed by atoms with Crippen LogP contribution in [0.4, 0.5) is 5.82 Å². The van der Waals surface area contributed by atoms with E-state index < -0.39 is 0 Å². The number of morpholine rings is 1. The number of aromatic nitrogens is 6. The number of nitrogens with zero attached hydrogens (tertiary/aromatic N) is 6. The van der Waals surface area contributed by atoms with Gasteiger partial charge in [-0.1, -0.05) is 36.4 Å². The predicted octanol–water partition coefficient (Wildman–Crippen LogP) is 4.55. The number of nitrogens with one attached hydrogen (secondary N) is 1. The van der Waals surface area contributed by atoms with Crippen molar-refractivity contribution >= 4 is 27.9 Å². The molecular weight excluding hydrogens is 488 g/mol. The maximum Gasteiger partial charge on any atom is 0.164 e. The number of aryl methyl sites for hydroxylation is 2. The van der Waals surface area contributed by atoms with Crippen LogP contribution in [0.2, 0.25) is 0 Å². The molecule has 4 heterocycles. The van der Waals surface area contributed by atoms with Gasteiger partial charge in [-0.25, -0.2) is 19.6 Å². The smallest absolute Gasteiger partial charge is 0.164 e. The van der Waals surface area contributed by atoms with E-state index in [-0.39, 0.29) is 0 Å². The van der Waals surface area contributed by atoms with Crippen LogP contribution in [0.15, 0.2) is 54.9 Å². The molecule has 0 unspecified atom stereocenters. The number of ether oxygens (including phenoxy) is 1. The molecule has 1 saturated carbocycles. The molecule has 3 N–H and O–H groups in total. The summed E-state index contributed by atoms with van der Waals surface area (Å²) in [5.74, 6) is 1.46. The zero-order chi connectivity index (χ0) is 26.2. The molecule has 3 aromatic heterocycles. The average molecular weight is 523 g/mol. The van der Waals surface area contributed by atoms with Gasteiger partial charge in [-0.3, -0.25) is 4.90 Å². The van der Waals surface area contributed by atoms with Crippen molar-refractivity contribution in [1.82, 2.24) is 34.6 Å². The molecule has 9 heteroatoms. The number of hydrogen-bond donors (Lipinski definition) is 2. The summed E-state index contributed by atoms with van der Waals surface area (Å²) < 4.78 is 7.67. The van der Waals surface area contributed by atoms with E-state index >= 15 is 0 Å². The summed E-state index contributed by atoms with van der Waals surface area (Å²) >= 11 is 0. The van der Waals surface area contributed by atoms with E-state index in [2.05, 4.69) is 67.0 Å². The third-order valence-corrected chi connectivity index (χ3v) is 8.39. The lowest BCUT2D eigenvalue weighted by Gasteiger charge is -2.38. The molecule has 0 spiro atoms. The Morgan fingerprint density at radius 3 is 2.54 bits per heavy atom. The van der Waals surface area contributed by atoms with Crippen molar-refractivity contribution in [1.29, 1.82) is 0 Å². The van der Waals surface area contributed by atoms with Gasteiger partial charge in [0.2, 0.25) is 0 Å². The van der Waals surface area contributed by atoms with E-state index in [4.69, 9.17) is 20.6 Å². The fourth-order valence-corrected chi connectivity index (χ4v) is 6.30. The predicted molar refractivity (Wildman–Crippen MR) is 152 cm³/mol. The maximum atomic E-state index is 6.43. The molecule has 1 saturated heterocycles. The first kappa shape index (κ1) is 24.2. The van der Waals surface area contributed by atoms with Crippen LogP contribution in [0, 0.1) is 0 Å². The Bertz CT molecular complexity index is 1580. The molecule has 0 amide bonds. The Hall–Kier alpha value is -3.82. The van der Waals surface area contributed by atoms with E-state index in [1.165, 1.54) is 5.56 Å². The fraction of sp³-hybridized carbons (Fsp3) is 0.400. The van der Waals surface area contributed by atoms with Gasteiger partial charge < -0.3 is 15.5 Å². The molecule has 9 nitrogen and oxygen atoms in total. The Balaban J connectivity index is 1.16. The monoisotopic (exact) mass is 522 g/mol. The molecule has 39 heavy (non-hydrogen) atoms. The van der Waals surface area contributed by atoms with Gasteiger partial charge in [-0.15, -0.1) is 0 Å². The number of fused-ring (bicyclic) bond motifs is 2. The van der Waals surface area contributed by atoms with Crippen LogP contribution < -0.4 is 5.73 Å². The summed E-state index contributed by atoms with van der Waals surface area (Å²) in [5, 5.41) is 5.97. The van der Waals surface area contributed by atoms with Crippen LogP contribution in [0.1, 0.15) is 43.1 Å². The van der Waals surface area contributed by atoms with Crippen LogP contribution in [0.5, 0.6) is 0 Å². The van der Waals surface area contributed by atoms with Crippen molar-refractivity contribution in [3.8, 4) is 11.3 Å². The van der Waals surface area contributed by atoms with E-state index in [0.29, 0.717) is 17.9 Å². The molecule has 200 valence electrons. The van der Waals surface area contributed by atoms with Gasteiger partial charge >= 0.3 is 0 Å². The van der Waals surface area contributed by atoms with Crippen LogP contribution in [0.3, 0.4) is 0 Å². The van der Waals surface area contributed by atoms with E-state index in [9.17, 15) is 0 Å². The van der Waals surface area contributed by atoms with Crippen molar-refractivity contribution in [2.45, 2.75) is 50.6 Å². The third kappa shape index (κ3) is 4.77. The van der Waals surface area contributed by atoms with Crippen LogP contribution in [-0.4, -0.2) is 67.0 Å². The normalized spacial score (nSPS) is 20.6. The van der Waals surface area contributed by atoms with E-state index in [1.807, 2.05) is 6.07 Å². The van der Waals surface area contributed by atoms with E-state index in [0.717, 1.165) is 104 Å². The lowest BCUT2D eigenvalue weighted by Crippen LogP contribution is -2.45. The molecule has 2 aromatic carbocycles. The summed E-state index contributed by atoms with van der Waals surface area (Å²) in [4.78, 5) is 19.9. The maximum absolute atomic E-state index is 6.43. The quantitative estimate of drug-likeness (QED) is 0.336. The molecule has 5 aromatic rings. The zero-order valence-corrected chi connectivity index (χ0v) is 22.1. The summed E-state index contributed by atoms with van der Waals surface area (Å²) in [6.07, 6.45) is 7.83. The number of aromatic amines is 1. The minimum atomic E-state index is 0.299. The third-order valence-electron chi connectivity index (χ3n) is 8.39. The number of nitrogen functional groups attached to an aromatic ring is 1. The van der Waals surface area contributed by atoms with Gasteiger partial charge in [-0.05, 0) is 49.8 Å². The highest BCUT2D eigenvalue weighted by molar-refractivity contribution is 5.99. The number of imidazole rings is 1. The molecule has 2 aliphatic rings. The highest BCUT2D eigenvalue weighted by Gasteiger charge is 2.30. The molecule has 1 aliphatic carbocycles. The summed E-state index contributed by atoms with van der Waals surface area (Å²) in [6.45, 7) is 3.77. The van der Waals surface area contributed by atoms with Gasteiger partial charge in [0.15, 0.2) is 5.65 Å². The van der Waals surface area contributed by atoms with Crippen LogP contribution in [-0.2, 0) is 17.6 Å². The largest absolute Gasteiger partial charge is 0.383 e. The van der Waals surface area contributed by atoms with Gasteiger partial charge in [0.1, 0.15) is 23.7 Å². The standard InChI is InChI=1S/C30H34N8O/c31-29-27-28(21-7-12-24-25(18-21)35-26(34-24)13-6-20-4-2-1-3-5-20)36-38(30(27)33-19-32-29)23-10-8-22(9-11-23)37-14-16-39-17-15-37/h1-5,7,12,18-19,22-23H,6,8-11,13-17H2,(H,34,35)(H2,31,32,33). The number of hydrogen-bond acceptors (Lipinski definition) is 7. The second-order valence-electron chi connectivity index (χ2n) is 10.8. The van der Waals surface area contributed by atoms with Gasteiger partial charge in [0.25, 0.3) is 0 Å². The highest BCUT2D eigenvalue weighted by Crippen LogP contribution is 2.37. The van der Waals surface area contributed by atoms with Crippen molar-refractivity contribution < 1.29 is 4.74 Å². The molecular formula is C30H34N8O. The minimum absolute atomic E-state index is 0.299. The first-order valence-electron chi connectivity index (χ1n) is 14.1. The van der Waals surface area contributed by atoms with Crippen LogP contribution >= 0.6 is 0 Å². The van der Waals surface area contributed by atoms with Crippen molar-refractivity contribution in [2.24, 2.45) is 0 Å². The van der Waals surface area contributed by atoms with Gasteiger partial charge in [-0.2, -0.15) is 5.10 Å². The second-order valence-corrected chi connectivity index (χ2v) is 10.8. The fourth-order valence-electron chi connectivity index (χ4n) is 6.30. The van der Waals surface area contributed by atoms with Crippen molar-refractivity contribution in [3.05, 3.63) is 66.2 Å². The summed E-state index contributed by atoms with van der Waals surface area (Å²) in [6, 6.07) is 17.7. The highest BCUT2D eigenvalue weighted by atomic mass is 16.5. The number of H-pyrrole nitrogens is 1. The second kappa shape index (κ2) is 10.4. The number of anilines is 1. The van der Waals surface area contributed by atoms with Crippen molar-refractivity contribution in [2.75, 3.05) is 32.0 Å². The van der Waals surface area contributed by atoms with Gasteiger partial charge in [0.05, 0.1) is 35.7 Å². The SMILES string of the molecule is Nc1ncnc2c1c(-c1ccc3nc(CCc4ccccc4)[nH]c3c1)nn2C1CCC(N2CCOCC2)CC1. The molecule has 0 bridgehead atoms. The minimum Gasteiger partial charge on any atom is -0.383 e. The number of rotatable bonds is 6. The molecule has 7 rings (SSSR count). The lowest BCUT2D eigenvalue weighted by atomic mass is 9.90. The summed E-state index contributed by atoms with van der Waals surface area (Å²) in [5.41, 5.74) is 12.3.